The summed E-state index contributed by atoms with van der Waals surface area (Å²) in [6, 6.07) is 2.90. The highest BCUT2D eigenvalue weighted by Gasteiger charge is 2.26. The first-order valence-corrected chi connectivity index (χ1v) is 6.56. The van der Waals surface area contributed by atoms with Crippen molar-refractivity contribution in [1.29, 1.82) is 0 Å². The lowest BCUT2D eigenvalue weighted by Gasteiger charge is -2.12. The van der Waals surface area contributed by atoms with Gasteiger partial charge in [-0.3, -0.25) is 0 Å². The first-order chi connectivity index (χ1) is 6.78. The van der Waals surface area contributed by atoms with Crippen LogP contribution in [0.4, 0.5) is 5.69 Å². The van der Waals surface area contributed by atoms with E-state index in [1.165, 1.54) is 12.1 Å². The number of sulfone groups is 1. The smallest absolute Gasteiger partial charge is 0.184 e. The van der Waals surface area contributed by atoms with Crippen molar-refractivity contribution in [3.8, 4) is 0 Å². The molecule has 0 aliphatic heterocycles. The molecular weight excluding hydrogens is 257 g/mol. The quantitative estimate of drug-likeness (QED) is 0.839. The summed E-state index contributed by atoms with van der Waals surface area (Å²) < 4.78 is 23.8. The lowest BCUT2D eigenvalue weighted by molar-refractivity contribution is 0.588. The molecule has 0 saturated heterocycles. The van der Waals surface area contributed by atoms with Gasteiger partial charge in [-0.15, -0.1) is 0 Å². The summed E-state index contributed by atoms with van der Waals surface area (Å²) in [7, 11) is -3.50. The van der Waals surface area contributed by atoms with Crippen LogP contribution in [0.2, 0.25) is 10.0 Å². The highest BCUT2D eigenvalue weighted by atomic mass is 35.5. The maximum absolute atomic E-state index is 11.9. The first kappa shape index (κ1) is 12.6. The molecule has 6 heteroatoms. The molecule has 0 radical (unpaired) electrons. The van der Waals surface area contributed by atoms with Gasteiger partial charge in [0, 0.05) is 0 Å². The van der Waals surface area contributed by atoms with E-state index in [9.17, 15) is 8.42 Å². The van der Waals surface area contributed by atoms with Gasteiger partial charge in [0.2, 0.25) is 0 Å². The Morgan fingerprint density at radius 1 is 1.20 bits per heavy atom. The molecule has 0 fully saturated rings. The second-order valence-corrected chi connectivity index (χ2v) is 6.62. The molecule has 2 N–H and O–H groups in total. The van der Waals surface area contributed by atoms with Crippen molar-refractivity contribution >= 4 is 38.7 Å². The van der Waals surface area contributed by atoms with Gasteiger partial charge in [-0.2, -0.15) is 0 Å². The number of rotatable bonds is 2. The number of halogens is 2. The average molecular weight is 268 g/mol. The van der Waals surface area contributed by atoms with Crippen molar-refractivity contribution in [1.82, 2.24) is 0 Å². The number of hydrogen-bond acceptors (Lipinski definition) is 3. The summed E-state index contributed by atoms with van der Waals surface area (Å²) in [4.78, 5) is -0.0772. The number of nitrogen functional groups attached to an aromatic ring is 1. The van der Waals surface area contributed by atoms with Crippen LogP contribution in [-0.4, -0.2) is 13.7 Å². The molecule has 1 aromatic carbocycles. The van der Waals surface area contributed by atoms with Crippen molar-refractivity contribution in [2.75, 3.05) is 5.73 Å². The minimum Gasteiger partial charge on any atom is -0.396 e. The molecule has 1 rings (SSSR count). The zero-order valence-electron chi connectivity index (χ0n) is 8.29. The van der Waals surface area contributed by atoms with E-state index in [2.05, 4.69) is 0 Å². The molecule has 15 heavy (non-hydrogen) atoms. The third-order valence-corrected chi connectivity index (χ3v) is 5.01. The van der Waals surface area contributed by atoms with Crippen molar-refractivity contribution in [2.24, 2.45) is 0 Å². The molecule has 3 nitrogen and oxygen atoms in total. The Balaban J connectivity index is 3.58. The summed E-state index contributed by atoms with van der Waals surface area (Å²) in [5, 5.41) is -0.292. The fourth-order valence-electron chi connectivity index (χ4n) is 1.07. The van der Waals surface area contributed by atoms with E-state index in [1.54, 1.807) is 13.8 Å². The molecule has 0 aliphatic carbocycles. The summed E-state index contributed by atoms with van der Waals surface area (Å²) in [5.74, 6) is 0. The van der Waals surface area contributed by atoms with Crippen LogP contribution in [0.25, 0.3) is 0 Å². The molecule has 0 spiro atoms. The molecule has 0 aliphatic rings. The monoisotopic (exact) mass is 267 g/mol. The molecular formula is C9H11Cl2NO2S. The maximum atomic E-state index is 11.9. The van der Waals surface area contributed by atoms with Crippen LogP contribution >= 0.6 is 23.2 Å². The number of anilines is 1. The normalized spacial score (nSPS) is 12.1. The van der Waals surface area contributed by atoms with E-state index < -0.39 is 15.1 Å². The van der Waals surface area contributed by atoms with Gasteiger partial charge < -0.3 is 5.73 Å². The lowest BCUT2D eigenvalue weighted by Crippen LogP contribution is -2.16. The zero-order chi connectivity index (χ0) is 11.8. The van der Waals surface area contributed by atoms with E-state index in [4.69, 9.17) is 28.9 Å². The Morgan fingerprint density at radius 2 is 1.67 bits per heavy atom. The van der Waals surface area contributed by atoms with Gasteiger partial charge in [0.1, 0.15) is 4.90 Å². The fourth-order valence-corrected chi connectivity index (χ4v) is 3.00. The number of benzene rings is 1. The molecule has 0 heterocycles. The molecule has 0 bridgehead atoms. The Labute approximate surface area is 99.1 Å². The largest absolute Gasteiger partial charge is 0.396 e. The topological polar surface area (TPSA) is 60.2 Å². The van der Waals surface area contributed by atoms with Crippen molar-refractivity contribution in [2.45, 2.75) is 24.0 Å². The van der Waals surface area contributed by atoms with Gasteiger partial charge in [0.15, 0.2) is 9.84 Å². The lowest BCUT2D eigenvalue weighted by atomic mass is 10.3. The standard InChI is InChI=1S/C9H11Cl2NO2S/c1-5(2)15(13,14)9-7(11)4-3-6(10)8(9)12/h3-5H,12H2,1-2H3. The molecule has 0 saturated carbocycles. The molecule has 0 atom stereocenters. The average Bonchev–Trinajstić information content (AvgIpc) is 2.11. The second-order valence-electron chi connectivity index (χ2n) is 3.37. The van der Waals surface area contributed by atoms with E-state index in [0.717, 1.165) is 0 Å². The first-order valence-electron chi connectivity index (χ1n) is 4.26. The molecule has 0 unspecified atom stereocenters. The summed E-state index contributed by atoms with van der Waals surface area (Å²) in [6.07, 6.45) is 0. The van der Waals surface area contributed by atoms with Gasteiger partial charge in [-0.1, -0.05) is 23.2 Å². The summed E-state index contributed by atoms with van der Waals surface area (Å²) in [6.45, 7) is 3.12. The van der Waals surface area contributed by atoms with Crippen LogP contribution < -0.4 is 5.73 Å². The van der Waals surface area contributed by atoms with Gasteiger partial charge in [0.25, 0.3) is 0 Å². The zero-order valence-corrected chi connectivity index (χ0v) is 10.6. The van der Waals surface area contributed by atoms with Gasteiger partial charge >= 0.3 is 0 Å². The van der Waals surface area contributed by atoms with Crippen molar-refractivity contribution in [3.05, 3.63) is 22.2 Å². The molecule has 0 aromatic heterocycles. The SMILES string of the molecule is CC(C)S(=O)(=O)c1c(Cl)ccc(Cl)c1N. The van der Waals surface area contributed by atoms with Crippen LogP contribution in [0, 0.1) is 0 Å². The van der Waals surface area contributed by atoms with Crippen LogP contribution in [-0.2, 0) is 9.84 Å². The van der Waals surface area contributed by atoms with Crippen molar-refractivity contribution < 1.29 is 8.42 Å². The van der Waals surface area contributed by atoms with Gasteiger partial charge in [0.05, 0.1) is 21.0 Å². The predicted molar refractivity (Wildman–Crippen MR) is 63.2 cm³/mol. The summed E-state index contributed by atoms with van der Waals surface area (Å²) >= 11 is 11.6. The van der Waals surface area contributed by atoms with Crippen LogP contribution in [0.5, 0.6) is 0 Å². The Morgan fingerprint density at radius 3 is 2.13 bits per heavy atom. The molecule has 1 aromatic rings. The molecule has 0 amide bonds. The fraction of sp³-hybridized carbons (Fsp3) is 0.333. The van der Waals surface area contributed by atoms with Crippen LogP contribution in [0.3, 0.4) is 0 Å². The number of nitrogens with two attached hydrogens (primary N) is 1. The minimum atomic E-state index is -3.50. The van der Waals surface area contributed by atoms with E-state index in [0.29, 0.717) is 0 Å². The highest BCUT2D eigenvalue weighted by molar-refractivity contribution is 7.92. The minimum absolute atomic E-state index is 0.0119. The predicted octanol–water partition coefficient (Wildman–Crippen LogP) is 2.76. The van der Waals surface area contributed by atoms with Crippen LogP contribution in [0.15, 0.2) is 17.0 Å². The number of hydrogen-bond donors (Lipinski definition) is 1. The van der Waals surface area contributed by atoms with Crippen LogP contribution in [0.1, 0.15) is 13.8 Å². The maximum Gasteiger partial charge on any atom is 0.184 e. The Bertz CT molecular complexity index is 483. The Hall–Kier alpha value is -0.450. The summed E-state index contributed by atoms with van der Waals surface area (Å²) in [5.41, 5.74) is 5.62. The van der Waals surface area contributed by atoms with E-state index in [1.807, 2.05) is 0 Å². The van der Waals surface area contributed by atoms with E-state index >= 15 is 0 Å². The van der Waals surface area contributed by atoms with Gasteiger partial charge in [-0.25, -0.2) is 8.42 Å². The van der Waals surface area contributed by atoms with Gasteiger partial charge in [-0.05, 0) is 26.0 Å². The second kappa shape index (κ2) is 4.20. The third kappa shape index (κ3) is 2.22. The van der Waals surface area contributed by atoms with E-state index in [-0.39, 0.29) is 20.6 Å². The van der Waals surface area contributed by atoms with Crippen molar-refractivity contribution in [3.63, 3.8) is 0 Å². The molecule has 84 valence electrons. The highest BCUT2D eigenvalue weighted by Crippen LogP contribution is 2.34. The third-order valence-electron chi connectivity index (χ3n) is 2.00. The Kier molecular flexibility index (Phi) is 3.53.